The number of methoxy groups -OCH3 is 1. The van der Waals surface area contributed by atoms with Crippen molar-refractivity contribution in [3.63, 3.8) is 0 Å². The van der Waals surface area contributed by atoms with Gasteiger partial charge in [0, 0.05) is 14.1 Å². The largest absolute Gasteiger partial charge is 0.504 e. The van der Waals surface area contributed by atoms with Crippen molar-refractivity contribution >= 4 is 23.5 Å². The zero-order chi connectivity index (χ0) is 19.7. The van der Waals surface area contributed by atoms with Crippen LogP contribution in [0.2, 0.25) is 5.02 Å². The maximum atomic E-state index is 12.6. The van der Waals surface area contributed by atoms with E-state index in [0.717, 1.165) is 4.68 Å². The Hall–Kier alpha value is -3.40. The van der Waals surface area contributed by atoms with Gasteiger partial charge < -0.3 is 9.84 Å². The number of hydrogen-bond acceptors (Lipinski definition) is 7. The summed E-state index contributed by atoms with van der Waals surface area (Å²) in [7, 11) is 4.39. The molecular weight excluding hydrogens is 376 g/mol. The molecule has 0 radical (unpaired) electrons. The molecule has 2 aromatic heterocycles. The van der Waals surface area contributed by atoms with Gasteiger partial charge in [-0.05, 0) is 17.7 Å². The predicted octanol–water partition coefficient (Wildman–Crippen LogP) is 1.20. The minimum absolute atomic E-state index is 0.0515. The number of phenols is 1. The first-order valence-electron chi connectivity index (χ1n) is 7.63. The maximum absolute atomic E-state index is 12.6. The van der Waals surface area contributed by atoms with Crippen LogP contribution in [0.25, 0.3) is 11.1 Å². The molecule has 0 fully saturated rings. The number of aromatic nitrogens is 5. The Kier molecular flexibility index (Phi) is 4.82. The van der Waals surface area contributed by atoms with Gasteiger partial charge in [0.25, 0.3) is 11.5 Å². The van der Waals surface area contributed by atoms with E-state index in [2.05, 4.69) is 20.5 Å². The zero-order valence-corrected chi connectivity index (χ0v) is 15.4. The third-order valence-electron chi connectivity index (χ3n) is 3.81. The average Bonchev–Trinajstić information content (AvgIpc) is 3.04. The Morgan fingerprint density at radius 3 is 2.67 bits per heavy atom. The summed E-state index contributed by atoms with van der Waals surface area (Å²) >= 11 is 6.35. The Morgan fingerprint density at radius 1 is 1.30 bits per heavy atom. The fourth-order valence-corrected chi connectivity index (χ4v) is 2.73. The summed E-state index contributed by atoms with van der Waals surface area (Å²) in [5, 5.41) is 20.0. The van der Waals surface area contributed by atoms with E-state index < -0.39 is 11.5 Å². The number of hydrogen-bond donors (Lipinski definition) is 2. The molecule has 2 heterocycles. The highest BCUT2D eigenvalue weighted by Gasteiger charge is 2.23. The number of carbonyl (C=O) groups excluding carboxylic acids is 1. The monoisotopic (exact) mass is 390 g/mol. The molecule has 0 bridgehead atoms. The van der Waals surface area contributed by atoms with Crippen LogP contribution in [0.5, 0.6) is 11.5 Å². The van der Waals surface area contributed by atoms with Crippen molar-refractivity contribution in [2.24, 2.45) is 14.1 Å². The molecule has 0 aliphatic carbocycles. The van der Waals surface area contributed by atoms with Gasteiger partial charge >= 0.3 is 0 Å². The average molecular weight is 391 g/mol. The van der Waals surface area contributed by atoms with Gasteiger partial charge in [-0.15, -0.1) is 0 Å². The van der Waals surface area contributed by atoms with Crippen molar-refractivity contribution in [2.45, 2.75) is 0 Å². The van der Waals surface area contributed by atoms with Crippen LogP contribution in [-0.2, 0) is 14.1 Å². The Labute approximate surface area is 158 Å². The molecule has 11 heteroatoms. The minimum Gasteiger partial charge on any atom is -0.504 e. The molecule has 0 aliphatic rings. The first-order chi connectivity index (χ1) is 12.8. The fraction of sp³-hybridized carbons (Fsp3) is 0.188. The number of amides is 1. The van der Waals surface area contributed by atoms with Gasteiger partial charge in [-0.2, -0.15) is 15.2 Å². The first-order valence-corrected chi connectivity index (χ1v) is 8.00. The summed E-state index contributed by atoms with van der Waals surface area (Å²) in [6, 6.07) is 4.30. The van der Waals surface area contributed by atoms with E-state index in [1.165, 1.54) is 43.4 Å². The standard InChI is InChI=1S/C16H15ClN6O4/c1-22-15(26)11(8-4-5-9(24)10(6-8)27-3)12(17)13(21-22)14(25)20-16-18-7-19-23(16)2/h4-7,24H,1-3H3,(H,18,19,20,25). The van der Waals surface area contributed by atoms with Gasteiger partial charge in [0.05, 0.1) is 17.7 Å². The topological polar surface area (TPSA) is 124 Å². The number of aromatic hydroxyl groups is 1. The number of benzene rings is 1. The minimum atomic E-state index is -0.654. The lowest BCUT2D eigenvalue weighted by Crippen LogP contribution is -2.27. The molecule has 1 amide bonds. The number of halogens is 1. The summed E-state index contributed by atoms with van der Waals surface area (Å²) in [6.07, 6.45) is 1.28. The SMILES string of the molecule is COc1cc(-c2c(Cl)c(C(=O)Nc3ncnn3C)nn(C)c2=O)ccc1O. The second-order valence-corrected chi connectivity index (χ2v) is 5.89. The number of nitrogens with one attached hydrogen (secondary N) is 1. The van der Waals surface area contributed by atoms with Crippen molar-refractivity contribution in [3.8, 4) is 22.6 Å². The molecule has 0 atom stereocenters. The number of anilines is 1. The molecule has 0 aliphatic heterocycles. The third kappa shape index (κ3) is 3.34. The third-order valence-corrected chi connectivity index (χ3v) is 4.17. The van der Waals surface area contributed by atoms with E-state index in [9.17, 15) is 14.7 Å². The van der Waals surface area contributed by atoms with Crippen LogP contribution >= 0.6 is 11.6 Å². The summed E-state index contributed by atoms with van der Waals surface area (Å²) < 4.78 is 7.43. The van der Waals surface area contributed by atoms with E-state index in [1.807, 2.05) is 0 Å². The van der Waals surface area contributed by atoms with E-state index in [-0.39, 0.29) is 33.7 Å². The van der Waals surface area contributed by atoms with Crippen LogP contribution in [0.4, 0.5) is 5.95 Å². The number of rotatable bonds is 4. The highest BCUT2D eigenvalue weighted by molar-refractivity contribution is 6.36. The molecule has 27 heavy (non-hydrogen) atoms. The lowest BCUT2D eigenvalue weighted by molar-refractivity contribution is 0.101. The lowest BCUT2D eigenvalue weighted by atomic mass is 10.1. The smallest absolute Gasteiger partial charge is 0.280 e. The number of nitrogens with zero attached hydrogens (tertiary/aromatic N) is 5. The Morgan fingerprint density at radius 2 is 2.04 bits per heavy atom. The fourth-order valence-electron chi connectivity index (χ4n) is 2.41. The number of ether oxygens (including phenoxy) is 1. The second-order valence-electron chi connectivity index (χ2n) is 5.51. The van der Waals surface area contributed by atoms with E-state index in [1.54, 1.807) is 7.05 Å². The van der Waals surface area contributed by atoms with Crippen molar-refractivity contribution in [1.29, 1.82) is 0 Å². The van der Waals surface area contributed by atoms with E-state index >= 15 is 0 Å². The molecular formula is C16H15ClN6O4. The molecule has 0 saturated carbocycles. The summed E-state index contributed by atoms with van der Waals surface area (Å²) in [5.74, 6) is -0.394. The van der Waals surface area contributed by atoms with Crippen molar-refractivity contribution < 1.29 is 14.6 Å². The van der Waals surface area contributed by atoms with Gasteiger partial charge in [0.15, 0.2) is 17.2 Å². The highest BCUT2D eigenvalue weighted by atomic mass is 35.5. The molecule has 10 nitrogen and oxygen atoms in total. The highest BCUT2D eigenvalue weighted by Crippen LogP contribution is 2.33. The number of aryl methyl sites for hydroxylation is 2. The van der Waals surface area contributed by atoms with Crippen molar-refractivity contribution in [2.75, 3.05) is 12.4 Å². The van der Waals surface area contributed by atoms with Gasteiger partial charge in [0.2, 0.25) is 5.95 Å². The van der Waals surface area contributed by atoms with E-state index in [4.69, 9.17) is 16.3 Å². The normalized spacial score (nSPS) is 10.7. The molecule has 0 saturated heterocycles. The maximum Gasteiger partial charge on any atom is 0.280 e. The predicted molar refractivity (Wildman–Crippen MR) is 97.1 cm³/mol. The van der Waals surface area contributed by atoms with Crippen LogP contribution in [0, 0.1) is 0 Å². The van der Waals surface area contributed by atoms with Crippen LogP contribution in [0.1, 0.15) is 10.5 Å². The number of carbonyl (C=O) groups is 1. The quantitative estimate of drug-likeness (QED) is 0.685. The van der Waals surface area contributed by atoms with Crippen molar-refractivity contribution in [1.82, 2.24) is 24.5 Å². The summed E-state index contributed by atoms with van der Waals surface area (Å²) in [4.78, 5) is 29.1. The zero-order valence-electron chi connectivity index (χ0n) is 14.6. The second kappa shape index (κ2) is 7.08. The molecule has 0 unspecified atom stereocenters. The Balaban J connectivity index is 2.12. The van der Waals surface area contributed by atoms with Gasteiger partial charge in [0.1, 0.15) is 6.33 Å². The first kappa shape index (κ1) is 18.4. The lowest BCUT2D eigenvalue weighted by Gasteiger charge is -2.12. The van der Waals surface area contributed by atoms with Crippen LogP contribution in [0.3, 0.4) is 0 Å². The van der Waals surface area contributed by atoms with Crippen molar-refractivity contribution in [3.05, 3.63) is 45.6 Å². The number of phenolic OH excluding ortho intramolecular Hbond substituents is 1. The Bertz CT molecular complexity index is 1090. The van der Waals surface area contributed by atoms with Crippen LogP contribution in [0.15, 0.2) is 29.3 Å². The molecule has 0 spiro atoms. The van der Waals surface area contributed by atoms with Crippen LogP contribution in [-0.4, -0.2) is 42.7 Å². The van der Waals surface area contributed by atoms with E-state index in [0.29, 0.717) is 5.56 Å². The molecule has 140 valence electrons. The molecule has 3 aromatic rings. The summed E-state index contributed by atoms with van der Waals surface area (Å²) in [5.41, 5.74) is -0.257. The van der Waals surface area contributed by atoms with Gasteiger partial charge in [-0.3, -0.25) is 14.9 Å². The van der Waals surface area contributed by atoms with Crippen LogP contribution < -0.4 is 15.6 Å². The molecule has 2 N–H and O–H groups in total. The summed E-state index contributed by atoms with van der Waals surface area (Å²) in [6.45, 7) is 0. The molecule has 3 rings (SSSR count). The van der Waals surface area contributed by atoms with Gasteiger partial charge in [-0.25, -0.2) is 9.36 Å². The van der Waals surface area contributed by atoms with Gasteiger partial charge in [-0.1, -0.05) is 17.7 Å². The molecule has 1 aromatic carbocycles.